The third-order valence-corrected chi connectivity index (χ3v) is 3.95. The van der Waals surface area contributed by atoms with E-state index in [0.29, 0.717) is 0 Å². The number of esters is 1. The number of ketones is 1. The molecule has 0 heterocycles. The topological polar surface area (TPSA) is 64.6 Å². The van der Waals surface area contributed by atoms with Crippen molar-refractivity contribution in [2.75, 3.05) is 20.3 Å². The van der Waals surface area contributed by atoms with Gasteiger partial charge in [0.2, 0.25) is 0 Å². The molecule has 1 aliphatic carbocycles. The molecular weight excluding hydrogens is 294 g/mol. The Hall–Kier alpha value is -2.50. The van der Waals surface area contributed by atoms with E-state index in [1.54, 1.807) is 0 Å². The van der Waals surface area contributed by atoms with Crippen molar-refractivity contribution < 1.29 is 19.2 Å². The van der Waals surface area contributed by atoms with Crippen molar-refractivity contribution in [1.82, 2.24) is 5.48 Å². The molecule has 23 heavy (non-hydrogen) atoms. The molecule has 1 aliphatic rings. The lowest BCUT2D eigenvalue weighted by Gasteiger charge is -2.13. The van der Waals surface area contributed by atoms with Crippen LogP contribution in [0.15, 0.2) is 48.5 Å². The van der Waals surface area contributed by atoms with Gasteiger partial charge in [-0.2, -0.15) is 5.48 Å². The number of benzene rings is 2. The number of carbonyl (C=O) groups is 2. The Bertz CT molecular complexity index is 696. The third kappa shape index (κ3) is 3.02. The average molecular weight is 311 g/mol. The maximum atomic E-state index is 11.8. The number of ether oxygens (including phenoxy) is 1. The molecule has 3 rings (SSSR count). The summed E-state index contributed by atoms with van der Waals surface area (Å²) < 4.78 is 5.21. The van der Waals surface area contributed by atoms with Gasteiger partial charge in [0.15, 0.2) is 0 Å². The Morgan fingerprint density at radius 2 is 1.57 bits per heavy atom. The van der Waals surface area contributed by atoms with E-state index in [-0.39, 0.29) is 19.1 Å². The Morgan fingerprint density at radius 1 is 1.00 bits per heavy atom. The Labute approximate surface area is 134 Å². The molecule has 118 valence electrons. The Balaban J connectivity index is 1.76. The van der Waals surface area contributed by atoms with Crippen LogP contribution in [0, 0.1) is 0 Å². The Morgan fingerprint density at radius 3 is 2.13 bits per heavy atom. The van der Waals surface area contributed by atoms with Gasteiger partial charge in [0, 0.05) is 5.92 Å². The highest BCUT2D eigenvalue weighted by Gasteiger charge is 2.29. The van der Waals surface area contributed by atoms with E-state index in [4.69, 9.17) is 4.74 Å². The second-order valence-electron chi connectivity index (χ2n) is 5.27. The van der Waals surface area contributed by atoms with Gasteiger partial charge in [-0.1, -0.05) is 48.5 Å². The maximum Gasteiger partial charge on any atom is 0.376 e. The van der Waals surface area contributed by atoms with Gasteiger partial charge in [0.25, 0.3) is 5.78 Å². The van der Waals surface area contributed by atoms with Crippen LogP contribution in [0.25, 0.3) is 11.1 Å². The van der Waals surface area contributed by atoms with Crippen molar-refractivity contribution in [3.63, 3.8) is 0 Å². The van der Waals surface area contributed by atoms with Gasteiger partial charge in [0.05, 0.1) is 13.7 Å². The zero-order chi connectivity index (χ0) is 16.2. The summed E-state index contributed by atoms with van der Waals surface area (Å²) >= 11 is 0. The quantitative estimate of drug-likeness (QED) is 0.502. The molecule has 0 bridgehead atoms. The van der Waals surface area contributed by atoms with E-state index in [9.17, 15) is 9.59 Å². The van der Waals surface area contributed by atoms with Crippen molar-refractivity contribution in [2.24, 2.45) is 0 Å². The minimum atomic E-state index is -0.851. The van der Waals surface area contributed by atoms with E-state index in [1.807, 2.05) is 36.4 Å². The summed E-state index contributed by atoms with van der Waals surface area (Å²) in [7, 11) is 1.38. The highest BCUT2D eigenvalue weighted by molar-refractivity contribution is 6.34. The van der Waals surface area contributed by atoms with E-state index >= 15 is 0 Å². The smallest absolute Gasteiger partial charge is 0.376 e. The standard InChI is InChI=1S/C18H17NO4/c1-22-19-10-17(20)18(21)23-11-16-14-8-4-2-6-12(14)13-7-3-5-9-15(13)16/h2-9,16,19H,10-11H2,1H3. The maximum absolute atomic E-state index is 11.8. The van der Waals surface area contributed by atoms with E-state index in [1.165, 1.54) is 7.11 Å². The summed E-state index contributed by atoms with van der Waals surface area (Å²) in [6, 6.07) is 16.1. The van der Waals surface area contributed by atoms with Crippen molar-refractivity contribution in [3.05, 3.63) is 59.7 Å². The molecule has 0 radical (unpaired) electrons. The molecule has 2 aromatic carbocycles. The summed E-state index contributed by atoms with van der Waals surface area (Å²) in [4.78, 5) is 27.9. The summed E-state index contributed by atoms with van der Waals surface area (Å²) in [5, 5.41) is 0. The van der Waals surface area contributed by atoms with Crippen LogP contribution in [0.3, 0.4) is 0 Å². The summed E-state index contributed by atoms with van der Waals surface area (Å²) in [6.07, 6.45) is 0. The van der Waals surface area contributed by atoms with Crippen molar-refractivity contribution in [3.8, 4) is 11.1 Å². The predicted molar refractivity (Wildman–Crippen MR) is 84.7 cm³/mol. The second-order valence-corrected chi connectivity index (χ2v) is 5.27. The van der Waals surface area contributed by atoms with Crippen LogP contribution in [0.1, 0.15) is 17.0 Å². The van der Waals surface area contributed by atoms with Crippen molar-refractivity contribution >= 4 is 11.8 Å². The molecule has 0 aromatic heterocycles. The van der Waals surface area contributed by atoms with E-state index in [2.05, 4.69) is 22.5 Å². The number of rotatable bonds is 6. The largest absolute Gasteiger partial charge is 0.459 e. The predicted octanol–water partition coefficient (Wildman–Crippen LogP) is 2.06. The fraction of sp³-hybridized carbons (Fsp3) is 0.222. The van der Waals surface area contributed by atoms with E-state index in [0.717, 1.165) is 22.3 Å². The third-order valence-electron chi connectivity index (χ3n) is 3.95. The van der Waals surface area contributed by atoms with Gasteiger partial charge >= 0.3 is 5.97 Å². The fourth-order valence-corrected chi connectivity index (χ4v) is 2.89. The summed E-state index contributed by atoms with van der Waals surface area (Å²) in [6.45, 7) is -0.0568. The lowest BCUT2D eigenvalue weighted by molar-refractivity contribution is -0.154. The number of nitrogens with one attached hydrogen (secondary N) is 1. The number of hydrogen-bond donors (Lipinski definition) is 1. The van der Waals surface area contributed by atoms with Crippen LogP contribution >= 0.6 is 0 Å². The zero-order valence-electron chi connectivity index (χ0n) is 12.7. The minimum Gasteiger partial charge on any atom is -0.459 e. The molecule has 5 heteroatoms. The van der Waals surface area contributed by atoms with Gasteiger partial charge in [-0.3, -0.25) is 4.79 Å². The van der Waals surface area contributed by atoms with Crippen LogP contribution < -0.4 is 5.48 Å². The molecular formula is C18H17NO4. The molecule has 0 amide bonds. The SMILES string of the molecule is CONCC(=O)C(=O)OCC1c2ccccc2-c2ccccc21. The first-order valence-electron chi connectivity index (χ1n) is 7.36. The molecule has 0 unspecified atom stereocenters. The summed E-state index contributed by atoms with van der Waals surface area (Å²) in [5.41, 5.74) is 6.87. The molecule has 0 fully saturated rings. The molecule has 1 N–H and O–H groups in total. The number of hydrogen-bond acceptors (Lipinski definition) is 5. The monoisotopic (exact) mass is 311 g/mol. The van der Waals surface area contributed by atoms with Crippen LogP contribution in [0.5, 0.6) is 0 Å². The normalized spacial score (nSPS) is 12.6. The minimum absolute atomic E-state index is 0.0467. The molecule has 0 atom stereocenters. The second kappa shape index (κ2) is 6.73. The van der Waals surface area contributed by atoms with Crippen LogP contribution in [-0.2, 0) is 19.2 Å². The van der Waals surface area contributed by atoms with Crippen molar-refractivity contribution in [2.45, 2.75) is 5.92 Å². The van der Waals surface area contributed by atoms with Crippen LogP contribution in [0.2, 0.25) is 0 Å². The van der Waals surface area contributed by atoms with Crippen molar-refractivity contribution in [1.29, 1.82) is 0 Å². The molecule has 5 nitrogen and oxygen atoms in total. The van der Waals surface area contributed by atoms with Crippen LogP contribution in [-0.4, -0.2) is 32.0 Å². The average Bonchev–Trinajstić information content (AvgIpc) is 2.91. The number of hydroxylamine groups is 1. The van der Waals surface area contributed by atoms with Gasteiger partial charge in [-0.25, -0.2) is 4.79 Å². The van der Waals surface area contributed by atoms with Gasteiger partial charge < -0.3 is 9.57 Å². The number of Topliss-reactive ketones (excluding diaryl/α,β-unsaturated/α-hetero) is 1. The fourth-order valence-electron chi connectivity index (χ4n) is 2.89. The summed E-state index contributed by atoms with van der Waals surface area (Å²) in [5.74, 6) is -1.56. The molecule has 2 aromatic rings. The number of carbonyl (C=O) groups excluding carboxylic acids is 2. The number of fused-ring (bicyclic) bond motifs is 3. The Kier molecular flexibility index (Phi) is 4.50. The van der Waals surface area contributed by atoms with Crippen LogP contribution in [0.4, 0.5) is 0 Å². The highest BCUT2D eigenvalue weighted by Crippen LogP contribution is 2.44. The molecule has 0 saturated carbocycles. The highest BCUT2D eigenvalue weighted by atomic mass is 16.6. The lowest BCUT2D eigenvalue weighted by Crippen LogP contribution is -2.30. The van der Waals surface area contributed by atoms with E-state index < -0.39 is 11.8 Å². The first-order valence-corrected chi connectivity index (χ1v) is 7.36. The zero-order valence-corrected chi connectivity index (χ0v) is 12.7. The molecule has 0 saturated heterocycles. The first-order chi connectivity index (χ1) is 11.2. The van der Waals surface area contributed by atoms with Gasteiger partial charge in [-0.15, -0.1) is 0 Å². The van der Waals surface area contributed by atoms with Gasteiger partial charge in [0.1, 0.15) is 6.61 Å². The molecule has 0 aliphatic heterocycles. The first kappa shape index (κ1) is 15.4. The lowest BCUT2D eigenvalue weighted by atomic mass is 9.98. The molecule has 0 spiro atoms. The van der Waals surface area contributed by atoms with Gasteiger partial charge in [-0.05, 0) is 22.3 Å².